The number of carbonyl (C=O) groups excluding carboxylic acids is 2. The van der Waals surface area contributed by atoms with Crippen molar-refractivity contribution in [2.75, 3.05) is 17.3 Å². The summed E-state index contributed by atoms with van der Waals surface area (Å²) in [7, 11) is 1.72. The van der Waals surface area contributed by atoms with E-state index in [4.69, 9.17) is 4.74 Å². The monoisotopic (exact) mass is 352 g/mol. The Balaban J connectivity index is 2.01. The second-order valence-corrected chi connectivity index (χ2v) is 6.62. The van der Waals surface area contributed by atoms with Crippen molar-refractivity contribution in [3.05, 3.63) is 53.6 Å². The molecule has 0 aromatic heterocycles. The highest BCUT2D eigenvalue weighted by Crippen LogP contribution is 2.44. The molecule has 1 N–H and O–H groups in total. The van der Waals surface area contributed by atoms with Crippen molar-refractivity contribution in [3.63, 3.8) is 0 Å². The van der Waals surface area contributed by atoms with Gasteiger partial charge in [-0.3, -0.25) is 9.69 Å². The van der Waals surface area contributed by atoms with Crippen LogP contribution in [0.15, 0.2) is 42.5 Å². The number of ether oxygens (including phenoxy) is 1. The van der Waals surface area contributed by atoms with Crippen LogP contribution in [-0.2, 0) is 10.3 Å². The molecule has 2 aromatic carbocycles. The van der Waals surface area contributed by atoms with E-state index in [2.05, 4.69) is 5.32 Å². The number of nitrogens with one attached hydrogen (secondary N) is 1. The summed E-state index contributed by atoms with van der Waals surface area (Å²) < 4.78 is 5.78. The molecule has 0 atom stereocenters. The van der Waals surface area contributed by atoms with Crippen LogP contribution in [0.4, 0.5) is 21.9 Å². The van der Waals surface area contributed by atoms with Crippen LogP contribution in [0, 0.1) is 0 Å². The van der Waals surface area contributed by atoms with Gasteiger partial charge < -0.3 is 10.1 Å². The lowest BCUT2D eigenvalue weighted by Gasteiger charge is -2.41. The van der Waals surface area contributed by atoms with Gasteiger partial charge in [-0.25, -0.2) is 4.79 Å². The van der Waals surface area contributed by atoms with Gasteiger partial charge in [-0.2, -0.15) is 0 Å². The molecular weight excluding hydrogens is 328 g/mol. The van der Waals surface area contributed by atoms with E-state index in [1.165, 1.54) is 0 Å². The molecule has 0 spiro atoms. The summed E-state index contributed by atoms with van der Waals surface area (Å²) in [4.78, 5) is 25.4. The average Bonchev–Trinajstić information content (AvgIpc) is 2.65. The van der Waals surface area contributed by atoms with Gasteiger partial charge in [0.05, 0.1) is 5.69 Å². The lowest BCUT2D eigenvalue weighted by Crippen LogP contribution is -2.43. The minimum atomic E-state index is -0.613. The molecule has 1 aliphatic rings. The number of carbonyl (C=O) groups is 2. The molecule has 0 aliphatic carbocycles. The van der Waals surface area contributed by atoms with Gasteiger partial charge in [0.15, 0.2) is 5.78 Å². The predicted octanol–water partition coefficient (Wildman–Crippen LogP) is 5.23. The fraction of sp³-hybridized carbons (Fsp3) is 0.333. The summed E-state index contributed by atoms with van der Waals surface area (Å²) in [6, 6.07) is 13.3. The second kappa shape index (κ2) is 6.83. The van der Waals surface area contributed by atoms with Gasteiger partial charge >= 0.3 is 6.09 Å². The molecule has 5 nitrogen and oxygen atoms in total. The summed E-state index contributed by atoms with van der Waals surface area (Å²) in [5.74, 6) is 0.0311. The third-order valence-corrected chi connectivity index (χ3v) is 5.11. The molecule has 0 unspecified atom stereocenters. The minimum absolute atomic E-state index is 0.0311. The molecule has 2 aromatic rings. The van der Waals surface area contributed by atoms with Crippen molar-refractivity contribution in [1.82, 2.24) is 0 Å². The first-order chi connectivity index (χ1) is 12.4. The minimum Gasteiger partial charge on any atom is -0.438 e. The van der Waals surface area contributed by atoms with E-state index in [9.17, 15) is 9.59 Å². The lowest BCUT2D eigenvalue weighted by atomic mass is 9.85. The number of hydrogen-bond donors (Lipinski definition) is 1. The molecule has 26 heavy (non-hydrogen) atoms. The first-order valence-corrected chi connectivity index (χ1v) is 8.89. The molecule has 5 heteroatoms. The highest BCUT2D eigenvalue weighted by Gasteiger charge is 2.41. The maximum absolute atomic E-state index is 12.2. The van der Waals surface area contributed by atoms with E-state index in [0.717, 1.165) is 22.6 Å². The number of ketones is 1. The van der Waals surface area contributed by atoms with Crippen molar-refractivity contribution in [3.8, 4) is 0 Å². The largest absolute Gasteiger partial charge is 0.438 e. The van der Waals surface area contributed by atoms with Crippen molar-refractivity contribution in [2.24, 2.45) is 0 Å². The summed E-state index contributed by atoms with van der Waals surface area (Å²) >= 11 is 0. The molecule has 0 radical (unpaired) electrons. The van der Waals surface area contributed by atoms with Crippen LogP contribution in [0.2, 0.25) is 0 Å². The third kappa shape index (κ3) is 3.05. The highest BCUT2D eigenvalue weighted by atomic mass is 16.6. The highest BCUT2D eigenvalue weighted by molar-refractivity contribution is 5.95. The Morgan fingerprint density at radius 3 is 2.46 bits per heavy atom. The zero-order valence-electron chi connectivity index (χ0n) is 15.6. The topological polar surface area (TPSA) is 58.6 Å². The number of Topliss-reactive ketones (excluding diaryl/α,β-unsaturated/α-hetero) is 1. The Labute approximate surface area is 154 Å². The quantitative estimate of drug-likeness (QED) is 0.748. The number of amides is 1. The summed E-state index contributed by atoms with van der Waals surface area (Å²) in [5, 5.41) is 3.35. The van der Waals surface area contributed by atoms with Crippen molar-refractivity contribution in [2.45, 2.75) is 39.2 Å². The molecule has 0 saturated carbocycles. The van der Waals surface area contributed by atoms with E-state index in [1.807, 2.05) is 50.2 Å². The molecule has 1 aliphatic heterocycles. The number of anilines is 3. The van der Waals surface area contributed by atoms with Crippen molar-refractivity contribution < 1.29 is 14.3 Å². The van der Waals surface area contributed by atoms with Gasteiger partial charge in [-0.1, -0.05) is 26.0 Å². The van der Waals surface area contributed by atoms with Gasteiger partial charge in [-0.05, 0) is 50.1 Å². The van der Waals surface area contributed by atoms with Gasteiger partial charge in [0, 0.05) is 29.5 Å². The number of hydrogen-bond acceptors (Lipinski definition) is 4. The third-order valence-electron chi connectivity index (χ3n) is 5.11. The Bertz CT molecular complexity index is 856. The van der Waals surface area contributed by atoms with E-state index >= 15 is 0 Å². The first kappa shape index (κ1) is 18.0. The van der Waals surface area contributed by atoms with Crippen LogP contribution in [0.3, 0.4) is 0 Å². The van der Waals surface area contributed by atoms with Gasteiger partial charge in [0.2, 0.25) is 0 Å². The molecule has 3 rings (SSSR count). The first-order valence-electron chi connectivity index (χ1n) is 8.89. The summed E-state index contributed by atoms with van der Waals surface area (Å²) in [5.41, 5.74) is 3.65. The van der Waals surface area contributed by atoms with E-state index in [-0.39, 0.29) is 11.9 Å². The second-order valence-electron chi connectivity index (χ2n) is 6.62. The summed E-state index contributed by atoms with van der Waals surface area (Å²) in [6.45, 7) is 5.61. The molecule has 1 heterocycles. The molecule has 1 amide bonds. The van der Waals surface area contributed by atoms with Crippen molar-refractivity contribution >= 4 is 28.9 Å². The van der Waals surface area contributed by atoms with E-state index < -0.39 is 5.60 Å². The molecule has 0 bridgehead atoms. The van der Waals surface area contributed by atoms with E-state index in [1.54, 1.807) is 24.9 Å². The van der Waals surface area contributed by atoms with Crippen LogP contribution < -0.4 is 10.2 Å². The van der Waals surface area contributed by atoms with Gasteiger partial charge in [0.25, 0.3) is 0 Å². The molecule has 136 valence electrons. The van der Waals surface area contributed by atoms with Crippen LogP contribution >= 0.6 is 0 Å². The normalized spacial score (nSPS) is 15.2. The Kier molecular flexibility index (Phi) is 4.72. The summed E-state index contributed by atoms with van der Waals surface area (Å²) in [6.07, 6.45) is 1.09. The number of cyclic esters (lactones) is 1. The van der Waals surface area contributed by atoms with Gasteiger partial charge in [-0.15, -0.1) is 0 Å². The standard InChI is InChI=1S/C21H24N2O3/c1-5-21(6-2)18-13-17(10-11-19(18)23(4)20(25)26-21)22-16-9-7-8-15(12-16)14(3)24/h7-13,22H,5-6H2,1-4H3. The van der Waals surface area contributed by atoms with Gasteiger partial charge in [0.1, 0.15) is 5.60 Å². The maximum atomic E-state index is 12.2. The van der Waals surface area contributed by atoms with Crippen molar-refractivity contribution in [1.29, 1.82) is 0 Å². The SMILES string of the molecule is CCC1(CC)OC(=O)N(C)c2ccc(Nc3cccc(C(C)=O)c3)cc21. The van der Waals surface area contributed by atoms with Crippen LogP contribution in [0.1, 0.15) is 49.5 Å². The smallest absolute Gasteiger partial charge is 0.414 e. The molecule has 0 fully saturated rings. The Morgan fingerprint density at radius 2 is 1.81 bits per heavy atom. The fourth-order valence-corrected chi connectivity index (χ4v) is 3.42. The van der Waals surface area contributed by atoms with Crippen LogP contribution in [0.5, 0.6) is 0 Å². The number of nitrogens with zero attached hydrogens (tertiary/aromatic N) is 1. The molecule has 0 saturated heterocycles. The van der Waals surface area contributed by atoms with E-state index in [0.29, 0.717) is 18.4 Å². The van der Waals surface area contributed by atoms with Crippen LogP contribution in [0.25, 0.3) is 0 Å². The van der Waals surface area contributed by atoms with Crippen LogP contribution in [-0.4, -0.2) is 18.9 Å². The lowest BCUT2D eigenvalue weighted by molar-refractivity contribution is -0.000187. The number of rotatable bonds is 5. The fourth-order valence-electron chi connectivity index (χ4n) is 3.42. The predicted molar refractivity (Wildman–Crippen MR) is 103 cm³/mol. The zero-order valence-corrected chi connectivity index (χ0v) is 15.6. The average molecular weight is 352 g/mol. The maximum Gasteiger partial charge on any atom is 0.414 e. The number of benzene rings is 2. The molecular formula is C21H24N2O3. The Hall–Kier alpha value is -2.82. The number of fused-ring (bicyclic) bond motifs is 1. The Morgan fingerprint density at radius 1 is 1.12 bits per heavy atom. The zero-order chi connectivity index (χ0) is 18.9.